The van der Waals surface area contributed by atoms with Gasteiger partial charge in [-0.05, 0) is 25.9 Å². The van der Waals surface area contributed by atoms with Gasteiger partial charge in [0.15, 0.2) is 0 Å². The van der Waals surface area contributed by atoms with Gasteiger partial charge in [-0.25, -0.2) is 0 Å². The molecule has 44 heavy (non-hydrogen) atoms. The zero-order valence-corrected chi connectivity index (χ0v) is 32.9. The topological polar surface area (TPSA) is 43.4 Å². The summed E-state index contributed by atoms with van der Waals surface area (Å²) in [6.07, 6.45) is 47.0. The van der Waals surface area contributed by atoms with Crippen LogP contribution in [0.5, 0.6) is 0 Å². The fourth-order valence-corrected chi connectivity index (χ4v) is 6.57. The number of hydrogen-bond acceptors (Lipinski definition) is 3. The first-order valence-electron chi connectivity index (χ1n) is 20.1. The van der Waals surface area contributed by atoms with Gasteiger partial charge in [0, 0.05) is 6.54 Å². The van der Waals surface area contributed by atoms with Crippen LogP contribution >= 0.6 is 0 Å². The molecule has 0 atom stereocenters. The van der Waals surface area contributed by atoms with Gasteiger partial charge in [-0.3, -0.25) is 4.90 Å². The van der Waals surface area contributed by atoms with Gasteiger partial charge in [0.2, 0.25) is 0 Å². The second kappa shape index (κ2) is 41.5. The van der Waals surface area contributed by atoms with Crippen LogP contribution in [0, 0.1) is 0 Å². The van der Waals surface area contributed by atoms with Crippen LogP contribution in [0.4, 0.5) is 0 Å². The smallest absolute Gasteiger partial charge is 0.549 e. The second-order valence-electron chi connectivity index (χ2n) is 14.0. The maximum absolute atomic E-state index is 11.2. The zero-order valence-electron chi connectivity index (χ0n) is 30.9. The zero-order chi connectivity index (χ0) is 31.3. The van der Waals surface area contributed by atoms with E-state index in [1.54, 1.807) is 0 Å². The van der Waals surface area contributed by atoms with E-state index >= 15 is 0 Å². The number of unbranched alkanes of at least 4 members (excludes halogenated alkanes) is 32. The Morgan fingerprint density at radius 1 is 0.364 bits per heavy atom. The summed E-state index contributed by atoms with van der Waals surface area (Å²) in [6, 6.07) is 0. The number of rotatable bonds is 38. The average molecular weight is 630 g/mol. The average Bonchev–Trinajstić information content (AvgIpc) is 2.99. The van der Waals surface area contributed by atoms with Gasteiger partial charge < -0.3 is 9.90 Å². The van der Waals surface area contributed by atoms with Gasteiger partial charge in [-0.15, -0.1) is 0 Å². The van der Waals surface area contributed by atoms with E-state index in [2.05, 4.69) is 18.7 Å². The van der Waals surface area contributed by atoms with E-state index in [9.17, 15) is 9.90 Å². The molecule has 0 saturated heterocycles. The Balaban J connectivity index is 0. The Kier molecular flexibility index (Phi) is 43.9. The van der Waals surface area contributed by atoms with Crippen molar-refractivity contribution in [2.24, 2.45) is 0 Å². The van der Waals surface area contributed by atoms with Crippen molar-refractivity contribution in [2.45, 2.75) is 232 Å². The van der Waals surface area contributed by atoms with Crippen molar-refractivity contribution in [3.63, 3.8) is 0 Å². The molecule has 3 nitrogen and oxygen atoms in total. The fourth-order valence-electron chi connectivity index (χ4n) is 6.57. The van der Waals surface area contributed by atoms with Crippen LogP contribution in [0.1, 0.15) is 232 Å². The van der Waals surface area contributed by atoms with Crippen molar-refractivity contribution in [1.82, 2.24) is 4.90 Å². The Morgan fingerprint density at radius 2 is 0.545 bits per heavy atom. The molecule has 0 N–H and O–H groups in total. The number of carbonyl (C=O) groups is 1. The number of carbonyl (C=O) groups excluding carboxylic acids is 1. The van der Waals surface area contributed by atoms with Crippen LogP contribution in [0.15, 0.2) is 0 Å². The Morgan fingerprint density at radius 3 is 0.727 bits per heavy atom. The summed E-state index contributed by atoms with van der Waals surface area (Å²) in [7, 11) is 0. The number of nitrogens with zero attached hydrogens (tertiary/aromatic N) is 1. The third-order valence-corrected chi connectivity index (χ3v) is 9.51. The summed E-state index contributed by atoms with van der Waals surface area (Å²) in [5.74, 6) is -0.918. The van der Waals surface area contributed by atoms with E-state index < -0.39 is 5.97 Å². The van der Waals surface area contributed by atoms with Gasteiger partial charge in [-0.1, -0.05) is 219 Å². The van der Waals surface area contributed by atoms with E-state index in [-0.39, 0.29) is 36.1 Å². The molecule has 0 amide bonds. The summed E-state index contributed by atoms with van der Waals surface area (Å²) >= 11 is 0. The fraction of sp³-hybridized carbons (Fsp3) is 0.975. The van der Waals surface area contributed by atoms with Crippen molar-refractivity contribution in [1.29, 1.82) is 0 Å². The molecule has 0 fully saturated rings. The molecular weight excluding hydrogens is 549 g/mol. The normalized spacial score (nSPS) is 11.3. The second-order valence-corrected chi connectivity index (χ2v) is 14.0. The molecular formula is C40H80NNaO2. The number of carboxylic acid groups (broad SMARTS) is 1. The van der Waals surface area contributed by atoms with Crippen LogP contribution in [0.3, 0.4) is 0 Å². The van der Waals surface area contributed by atoms with E-state index in [1.807, 2.05) is 0 Å². The molecule has 0 aromatic heterocycles. The number of carboxylic acids is 1. The molecule has 0 spiro atoms. The first-order valence-corrected chi connectivity index (χ1v) is 20.1. The Hall–Kier alpha value is 0.430. The molecule has 0 bridgehead atoms. The van der Waals surface area contributed by atoms with Gasteiger partial charge in [0.25, 0.3) is 0 Å². The monoisotopic (exact) mass is 630 g/mol. The molecule has 0 radical (unpaired) electrons. The summed E-state index contributed by atoms with van der Waals surface area (Å²) in [6.45, 7) is 6.54. The Labute approximate surface area is 300 Å². The van der Waals surface area contributed by atoms with E-state index in [0.29, 0.717) is 0 Å². The maximum atomic E-state index is 11.2. The van der Waals surface area contributed by atoms with E-state index in [4.69, 9.17) is 0 Å². The molecule has 0 aromatic rings. The van der Waals surface area contributed by atoms with E-state index in [1.165, 1.54) is 205 Å². The maximum Gasteiger partial charge on any atom is 1.00 e. The molecule has 0 aromatic carbocycles. The van der Waals surface area contributed by atoms with E-state index in [0.717, 1.165) is 25.9 Å². The van der Waals surface area contributed by atoms with Crippen LogP contribution in [0.2, 0.25) is 0 Å². The third kappa shape index (κ3) is 40.5. The molecule has 4 heteroatoms. The van der Waals surface area contributed by atoms with Crippen molar-refractivity contribution < 1.29 is 39.5 Å². The number of hydrogen-bond donors (Lipinski definition) is 0. The van der Waals surface area contributed by atoms with Crippen molar-refractivity contribution in [3.8, 4) is 0 Å². The van der Waals surface area contributed by atoms with Crippen LogP contribution < -0.4 is 34.7 Å². The van der Waals surface area contributed by atoms with Crippen LogP contribution in [0.25, 0.3) is 0 Å². The minimum Gasteiger partial charge on any atom is -0.549 e. The van der Waals surface area contributed by atoms with Gasteiger partial charge in [-0.2, -0.15) is 0 Å². The van der Waals surface area contributed by atoms with Crippen molar-refractivity contribution in [3.05, 3.63) is 0 Å². The summed E-state index contributed by atoms with van der Waals surface area (Å²) in [4.78, 5) is 13.4. The molecule has 0 unspecified atom stereocenters. The first kappa shape index (κ1) is 46.5. The summed E-state index contributed by atoms with van der Waals surface area (Å²) in [5, 5.41) is 11.2. The molecule has 258 valence electrons. The van der Waals surface area contributed by atoms with Gasteiger partial charge >= 0.3 is 29.6 Å². The van der Waals surface area contributed by atoms with Crippen molar-refractivity contribution >= 4 is 5.97 Å². The SMILES string of the molecule is CCCCCCCCCCCCCCCCCCCN(CCCCCCCCCCCCCCCCCCC)CC(=O)[O-].[Na+]. The van der Waals surface area contributed by atoms with Crippen LogP contribution in [-0.2, 0) is 4.79 Å². The number of aliphatic carboxylic acids is 1. The minimum absolute atomic E-state index is 0. The summed E-state index contributed by atoms with van der Waals surface area (Å²) in [5.41, 5.74) is 0. The predicted octanol–water partition coefficient (Wildman–Crippen LogP) is 9.35. The third-order valence-electron chi connectivity index (χ3n) is 9.51. The Bertz CT molecular complexity index is 492. The summed E-state index contributed by atoms with van der Waals surface area (Å²) < 4.78 is 0. The standard InChI is InChI=1S/C40H81NO2.Na/c1-3-5-7-9-11-13-15-17-19-21-23-25-27-29-31-33-35-37-41(39-40(42)43)38-36-34-32-30-28-26-24-22-20-18-16-14-12-10-8-6-4-2;/h3-39H2,1-2H3,(H,42,43);/q;+1/p-1. The molecule has 0 saturated carbocycles. The minimum atomic E-state index is -0.918. The largest absolute Gasteiger partial charge is 1.00 e. The van der Waals surface area contributed by atoms with Gasteiger partial charge in [0.05, 0.1) is 5.97 Å². The quantitative estimate of drug-likeness (QED) is 0.0505. The van der Waals surface area contributed by atoms with Crippen LogP contribution in [-0.4, -0.2) is 30.5 Å². The molecule has 0 aliphatic carbocycles. The predicted molar refractivity (Wildman–Crippen MR) is 190 cm³/mol. The molecule has 0 aliphatic rings. The van der Waals surface area contributed by atoms with Gasteiger partial charge in [0.1, 0.15) is 0 Å². The molecule has 0 rings (SSSR count). The van der Waals surface area contributed by atoms with Crippen molar-refractivity contribution in [2.75, 3.05) is 19.6 Å². The molecule has 0 heterocycles. The molecule has 0 aliphatic heterocycles. The first-order chi connectivity index (χ1) is 21.2.